The maximum absolute atomic E-state index is 11.3. The number of ether oxygens (including phenoxy) is 1. The highest BCUT2D eigenvalue weighted by atomic mass is 35.5. The van der Waals surface area contributed by atoms with Crippen LogP contribution in [0.1, 0.15) is 24.2 Å². The Morgan fingerprint density at radius 2 is 2.06 bits per heavy atom. The van der Waals surface area contributed by atoms with E-state index in [1.165, 1.54) is 18.2 Å². The van der Waals surface area contributed by atoms with Crippen LogP contribution in [0.2, 0.25) is 5.02 Å². The summed E-state index contributed by atoms with van der Waals surface area (Å²) in [6.45, 7) is 3.42. The molecule has 1 aromatic rings. The fourth-order valence-corrected chi connectivity index (χ4v) is 1.33. The van der Waals surface area contributed by atoms with Crippen LogP contribution in [-0.4, -0.2) is 23.3 Å². The van der Waals surface area contributed by atoms with Gasteiger partial charge in [-0.1, -0.05) is 11.6 Å². The first-order chi connectivity index (χ1) is 7.90. The lowest BCUT2D eigenvalue weighted by molar-refractivity contribution is 0.0697. The van der Waals surface area contributed by atoms with E-state index in [-0.39, 0.29) is 16.7 Å². The number of hydrogen-bond donors (Lipinski definition) is 2. The summed E-state index contributed by atoms with van der Waals surface area (Å²) in [6.07, 6.45) is -0.889. The van der Waals surface area contributed by atoms with Crippen LogP contribution in [0.5, 0.6) is 0 Å². The molecule has 0 fully saturated rings. The second-order valence-electron chi connectivity index (χ2n) is 3.58. The number of aromatic carboxylic acids is 1. The van der Waals surface area contributed by atoms with E-state index in [0.717, 1.165) is 0 Å². The van der Waals surface area contributed by atoms with Crippen molar-refractivity contribution in [3.8, 4) is 0 Å². The molecule has 2 N–H and O–H groups in total. The smallest absolute Gasteiger partial charge is 0.411 e. The van der Waals surface area contributed by atoms with Gasteiger partial charge in [0.15, 0.2) is 0 Å². The number of carboxylic acid groups (broad SMARTS) is 1. The van der Waals surface area contributed by atoms with Crippen molar-refractivity contribution in [2.24, 2.45) is 0 Å². The highest BCUT2D eigenvalue weighted by Gasteiger charge is 2.11. The Bertz CT molecular complexity index is 445. The second-order valence-corrected chi connectivity index (χ2v) is 3.99. The van der Waals surface area contributed by atoms with Crippen molar-refractivity contribution >= 4 is 29.4 Å². The standard InChI is InChI=1S/C11H12ClNO4/c1-6(2)17-11(16)13-7-3-4-9(12)8(5-7)10(14)15/h3-6H,1-2H3,(H,13,16)(H,14,15). The first-order valence-electron chi connectivity index (χ1n) is 4.90. The van der Waals surface area contributed by atoms with Crippen molar-refractivity contribution in [3.63, 3.8) is 0 Å². The number of nitrogens with one attached hydrogen (secondary N) is 1. The number of carboxylic acids is 1. The predicted octanol–water partition coefficient (Wildman–Crippen LogP) is 3.00. The highest BCUT2D eigenvalue weighted by Crippen LogP contribution is 2.20. The molecule has 1 aromatic carbocycles. The van der Waals surface area contributed by atoms with Gasteiger partial charge in [0, 0.05) is 5.69 Å². The monoisotopic (exact) mass is 257 g/mol. The van der Waals surface area contributed by atoms with Gasteiger partial charge in [-0.25, -0.2) is 9.59 Å². The molecule has 0 saturated heterocycles. The molecule has 0 bridgehead atoms. The van der Waals surface area contributed by atoms with Gasteiger partial charge in [-0.2, -0.15) is 0 Å². The van der Waals surface area contributed by atoms with Crippen molar-refractivity contribution < 1.29 is 19.4 Å². The maximum Gasteiger partial charge on any atom is 0.411 e. The van der Waals surface area contributed by atoms with Crippen LogP contribution in [0.4, 0.5) is 10.5 Å². The van der Waals surface area contributed by atoms with Gasteiger partial charge in [-0.05, 0) is 32.0 Å². The van der Waals surface area contributed by atoms with Crippen LogP contribution in [0.25, 0.3) is 0 Å². The fraction of sp³-hybridized carbons (Fsp3) is 0.273. The van der Waals surface area contributed by atoms with E-state index in [9.17, 15) is 9.59 Å². The lowest BCUT2D eigenvalue weighted by Gasteiger charge is -2.10. The molecule has 0 aromatic heterocycles. The Labute approximate surface area is 103 Å². The molecule has 92 valence electrons. The highest BCUT2D eigenvalue weighted by molar-refractivity contribution is 6.33. The number of rotatable bonds is 3. The molecule has 0 radical (unpaired) electrons. The molecular formula is C11H12ClNO4. The number of anilines is 1. The van der Waals surface area contributed by atoms with Crippen LogP contribution in [0.15, 0.2) is 18.2 Å². The van der Waals surface area contributed by atoms with Crippen LogP contribution in [0, 0.1) is 0 Å². The summed E-state index contributed by atoms with van der Waals surface area (Å²) in [4.78, 5) is 22.1. The van der Waals surface area contributed by atoms with Crippen LogP contribution >= 0.6 is 11.6 Å². The van der Waals surface area contributed by atoms with Crippen molar-refractivity contribution in [1.82, 2.24) is 0 Å². The quantitative estimate of drug-likeness (QED) is 0.873. The van der Waals surface area contributed by atoms with E-state index >= 15 is 0 Å². The predicted molar refractivity (Wildman–Crippen MR) is 63.7 cm³/mol. The Balaban J connectivity index is 2.82. The Morgan fingerprint density at radius 3 is 2.59 bits per heavy atom. The third-order valence-corrected chi connectivity index (χ3v) is 2.12. The summed E-state index contributed by atoms with van der Waals surface area (Å²) >= 11 is 5.69. The van der Waals surface area contributed by atoms with Gasteiger partial charge in [0.25, 0.3) is 0 Å². The number of halogens is 1. The minimum absolute atomic E-state index is 0.0750. The van der Waals surface area contributed by atoms with E-state index in [2.05, 4.69) is 5.32 Å². The lowest BCUT2D eigenvalue weighted by Crippen LogP contribution is -2.18. The van der Waals surface area contributed by atoms with E-state index in [4.69, 9.17) is 21.4 Å². The Kier molecular flexibility index (Phi) is 4.34. The molecule has 0 saturated carbocycles. The summed E-state index contributed by atoms with van der Waals surface area (Å²) in [5.41, 5.74) is 0.242. The third kappa shape index (κ3) is 3.96. The van der Waals surface area contributed by atoms with Crippen molar-refractivity contribution in [1.29, 1.82) is 0 Å². The Morgan fingerprint density at radius 1 is 1.41 bits per heavy atom. The van der Waals surface area contributed by atoms with Gasteiger partial charge < -0.3 is 9.84 Å². The molecule has 0 aliphatic rings. The second kappa shape index (κ2) is 5.54. The largest absolute Gasteiger partial charge is 0.478 e. The minimum Gasteiger partial charge on any atom is -0.478 e. The normalized spacial score (nSPS) is 10.1. The summed E-state index contributed by atoms with van der Waals surface area (Å²) in [5.74, 6) is -1.16. The molecule has 0 spiro atoms. The summed E-state index contributed by atoms with van der Waals surface area (Å²) in [7, 11) is 0. The first kappa shape index (κ1) is 13.3. The maximum atomic E-state index is 11.3. The van der Waals surface area contributed by atoms with Crippen molar-refractivity contribution in [3.05, 3.63) is 28.8 Å². The average Bonchev–Trinajstić information content (AvgIpc) is 2.19. The van der Waals surface area contributed by atoms with Gasteiger partial charge in [-0.15, -0.1) is 0 Å². The molecule has 1 rings (SSSR count). The zero-order chi connectivity index (χ0) is 13.0. The average molecular weight is 258 g/mol. The Hall–Kier alpha value is -1.75. The van der Waals surface area contributed by atoms with E-state index < -0.39 is 12.1 Å². The lowest BCUT2D eigenvalue weighted by atomic mass is 10.2. The topological polar surface area (TPSA) is 75.6 Å². The fourth-order valence-electron chi connectivity index (χ4n) is 1.13. The molecule has 5 nitrogen and oxygen atoms in total. The number of carbonyl (C=O) groups is 2. The minimum atomic E-state index is -1.16. The SMILES string of the molecule is CC(C)OC(=O)Nc1ccc(Cl)c(C(=O)O)c1. The van der Waals surface area contributed by atoms with Crippen LogP contribution in [-0.2, 0) is 4.74 Å². The van der Waals surface area contributed by atoms with E-state index in [0.29, 0.717) is 5.69 Å². The number of hydrogen-bond acceptors (Lipinski definition) is 3. The molecule has 0 atom stereocenters. The van der Waals surface area contributed by atoms with Gasteiger partial charge in [0.2, 0.25) is 0 Å². The number of benzene rings is 1. The van der Waals surface area contributed by atoms with Gasteiger partial charge in [0.1, 0.15) is 0 Å². The molecule has 0 heterocycles. The van der Waals surface area contributed by atoms with Gasteiger partial charge in [-0.3, -0.25) is 5.32 Å². The summed E-state index contributed by atoms with van der Waals surface area (Å²) < 4.78 is 4.85. The van der Waals surface area contributed by atoms with Crippen LogP contribution < -0.4 is 5.32 Å². The molecule has 0 unspecified atom stereocenters. The van der Waals surface area contributed by atoms with Crippen LogP contribution in [0.3, 0.4) is 0 Å². The van der Waals surface area contributed by atoms with E-state index in [1.54, 1.807) is 13.8 Å². The van der Waals surface area contributed by atoms with Gasteiger partial charge >= 0.3 is 12.1 Å². The zero-order valence-electron chi connectivity index (χ0n) is 9.36. The first-order valence-corrected chi connectivity index (χ1v) is 5.28. The van der Waals surface area contributed by atoms with E-state index in [1.807, 2.05) is 0 Å². The summed E-state index contributed by atoms with van der Waals surface area (Å²) in [5, 5.41) is 11.4. The molecule has 0 aliphatic heterocycles. The zero-order valence-corrected chi connectivity index (χ0v) is 10.1. The summed E-state index contributed by atoms with van der Waals surface area (Å²) in [6, 6.07) is 4.17. The number of amides is 1. The molecular weight excluding hydrogens is 246 g/mol. The van der Waals surface area contributed by atoms with Crippen molar-refractivity contribution in [2.75, 3.05) is 5.32 Å². The molecule has 0 aliphatic carbocycles. The molecule has 6 heteroatoms. The molecule has 17 heavy (non-hydrogen) atoms. The van der Waals surface area contributed by atoms with Crippen molar-refractivity contribution in [2.45, 2.75) is 20.0 Å². The number of carbonyl (C=O) groups excluding carboxylic acids is 1. The third-order valence-electron chi connectivity index (χ3n) is 1.79. The van der Waals surface area contributed by atoms with Gasteiger partial charge in [0.05, 0.1) is 16.7 Å². The molecule has 1 amide bonds.